The molecule has 0 fully saturated rings. The summed E-state index contributed by atoms with van der Waals surface area (Å²) in [5.41, 5.74) is 1.98. The van der Waals surface area contributed by atoms with Gasteiger partial charge in [0.05, 0.1) is 6.20 Å². The molecule has 0 aromatic carbocycles. The zero-order valence-corrected chi connectivity index (χ0v) is 8.28. The number of rotatable bonds is 1. The van der Waals surface area contributed by atoms with Gasteiger partial charge in [-0.3, -0.25) is 0 Å². The summed E-state index contributed by atoms with van der Waals surface area (Å²) in [6.45, 7) is 4.22. The van der Waals surface area contributed by atoms with Gasteiger partial charge in [0.25, 0.3) is 0 Å². The van der Waals surface area contributed by atoms with Gasteiger partial charge in [0.15, 0.2) is 5.65 Å². The van der Waals surface area contributed by atoms with E-state index in [4.69, 9.17) is 11.6 Å². The highest BCUT2D eigenvalue weighted by atomic mass is 35.5. The third kappa shape index (κ3) is 1.29. The van der Waals surface area contributed by atoms with E-state index in [9.17, 15) is 0 Å². The molecule has 3 nitrogen and oxygen atoms in total. The molecule has 2 aromatic heterocycles. The van der Waals surface area contributed by atoms with E-state index >= 15 is 0 Å². The van der Waals surface area contributed by atoms with Crippen molar-refractivity contribution in [3.8, 4) is 0 Å². The smallest absolute Gasteiger partial charge is 0.160 e. The standard InChI is InChI=1S/C9H10ClN3/c1-6(2)7-5-12-13-8(10)3-4-11-9(7)13/h3-6H,1-2H3. The SMILES string of the molecule is CC(C)c1cnn2c(Cl)ccnc12. The van der Waals surface area contributed by atoms with Crippen LogP contribution in [0.15, 0.2) is 18.5 Å². The van der Waals surface area contributed by atoms with Crippen molar-refractivity contribution in [1.82, 2.24) is 14.6 Å². The van der Waals surface area contributed by atoms with E-state index in [0.29, 0.717) is 11.1 Å². The van der Waals surface area contributed by atoms with E-state index in [1.54, 1.807) is 16.8 Å². The van der Waals surface area contributed by atoms with Crippen LogP contribution in [0, 0.1) is 0 Å². The molecule has 2 rings (SSSR count). The number of nitrogens with zero attached hydrogens (tertiary/aromatic N) is 3. The molecule has 0 amide bonds. The Kier molecular flexibility index (Phi) is 1.96. The van der Waals surface area contributed by atoms with Gasteiger partial charge in [-0.25, -0.2) is 9.50 Å². The lowest BCUT2D eigenvalue weighted by Gasteiger charge is -2.00. The second-order valence-corrected chi connectivity index (χ2v) is 3.64. The predicted octanol–water partition coefficient (Wildman–Crippen LogP) is 2.51. The quantitative estimate of drug-likeness (QED) is 0.655. The summed E-state index contributed by atoms with van der Waals surface area (Å²) in [5.74, 6) is 0.420. The maximum atomic E-state index is 5.94. The van der Waals surface area contributed by atoms with E-state index < -0.39 is 0 Å². The van der Waals surface area contributed by atoms with Crippen molar-refractivity contribution in [2.24, 2.45) is 0 Å². The van der Waals surface area contributed by atoms with Crippen molar-refractivity contribution in [2.45, 2.75) is 19.8 Å². The Hall–Kier alpha value is -1.09. The van der Waals surface area contributed by atoms with Crippen LogP contribution in [-0.4, -0.2) is 14.6 Å². The molecule has 2 aromatic rings. The van der Waals surface area contributed by atoms with Crippen molar-refractivity contribution >= 4 is 17.2 Å². The molecule has 0 aliphatic heterocycles. The third-order valence-electron chi connectivity index (χ3n) is 2.00. The zero-order valence-electron chi connectivity index (χ0n) is 7.53. The molecule has 68 valence electrons. The molecule has 0 bridgehead atoms. The minimum atomic E-state index is 0.420. The van der Waals surface area contributed by atoms with E-state index in [1.165, 1.54) is 0 Å². The molecule has 0 saturated heterocycles. The molecular weight excluding hydrogens is 186 g/mol. The number of hydrogen-bond acceptors (Lipinski definition) is 2. The Bertz CT molecular complexity index is 433. The van der Waals surface area contributed by atoms with Crippen molar-refractivity contribution in [2.75, 3.05) is 0 Å². The Morgan fingerprint density at radius 2 is 2.23 bits per heavy atom. The van der Waals surface area contributed by atoms with Gasteiger partial charge < -0.3 is 0 Å². The maximum absolute atomic E-state index is 5.94. The molecule has 2 heterocycles. The van der Waals surface area contributed by atoms with Gasteiger partial charge in [0, 0.05) is 11.8 Å². The van der Waals surface area contributed by atoms with Gasteiger partial charge >= 0.3 is 0 Å². The molecule has 0 atom stereocenters. The number of aromatic nitrogens is 3. The van der Waals surface area contributed by atoms with Crippen LogP contribution >= 0.6 is 11.6 Å². The van der Waals surface area contributed by atoms with E-state index in [2.05, 4.69) is 23.9 Å². The first-order chi connectivity index (χ1) is 6.20. The average molecular weight is 196 g/mol. The Balaban J connectivity index is 2.75. The highest BCUT2D eigenvalue weighted by Gasteiger charge is 2.09. The van der Waals surface area contributed by atoms with E-state index in [1.807, 2.05) is 6.20 Å². The van der Waals surface area contributed by atoms with Crippen molar-refractivity contribution in [3.05, 3.63) is 29.2 Å². The van der Waals surface area contributed by atoms with Crippen molar-refractivity contribution in [3.63, 3.8) is 0 Å². The van der Waals surface area contributed by atoms with E-state index in [-0.39, 0.29) is 0 Å². The van der Waals surface area contributed by atoms with Crippen LogP contribution in [0.1, 0.15) is 25.3 Å². The summed E-state index contributed by atoms with van der Waals surface area (Å²) < 4.78 is 1.65. The summed E-state index contributed by atoms with van der Waals surface area (Å²) in [4.78, 5) is 4.24. The normalized spacial score (nSPS) is 11.4. The first kappa shape index (κ1) is 8.51. The molecule has 0 radical (unpaired) electrons. The molecule has 0 unspecified atom stereocenters. The monoisotopic (exact) mass is 195 g/mol. The lowest BCUT2D eigenvalue weighted by molar-refractivity contribution is 0.872. The predicted molar refractivity (Wildman–Crippen MR) is 52.1 cm³/mol. The minimum Gasteiger partial charge on any atom is -0.237 e. The fraction of sp³-hybridized carbons (Fsp3) is 0.333. The zero-order chi connectivity index (χ0) is 9.42. The second-order valence-electron chi connectivity index (χ2n) is 3.26. The Morgan fingerprint density at radius 3 is 2.92 bits per heavy atom. The number of halogens is 1. The number of hydrogen-bond donors (Lipinski definition) is 0. The summed E-state index contributed by atoms with van der Waals surface area (Å²) in [6.07, 6.45) is 3.52. The lowest BCUT2D eigenvalue weighted by atomic mass is 10.1. The lowest BCUT2D eigenvalue weighted by Crippen LogP contribution is -1.93. The van der Waals surface area contributed by atoms with Crippen LogP contribution in [0.2, 0.25) is 5.15 Å². The molecule has 0 N–H and O–H groups in total. The fourth-order valence-corrected chi connectivity index (χ4v) is 1.47. The van der Waals surface area contributed by atoms with Crippen LogP contribution in [0.3, 0.4) is 0 Å². The van der Waals surface area contributed by atoms with Gasteiger partial charge in [-0.2, -0.15) is 5.10 Å². The highest BCUT2D eigenvalue weighted by Crippen LogP contribution is 2.20. The van der Waals surface area contributed by atoms with Gasteiger partial charge in [-0.15, -0.1) is 0 Å². The van der Waals surface area contributed by atoms with E-state index in [0.717, 1.165) is 11.2 Å². The molecule has 0 aliphatic rings. The molecule has 0 spiro atoms. The van der Waals surface area contributed by atoms with Crippen LogP contribution in [0.25, 0.3) is 5.65 Å². The molecule has 0 aliphatic carbocycles. The first-order valence-electron chi connectivity index (χ1n) is 4.18. The molecule has 4 heteroatoms. The summed E-state index contributed by atoms with van der Waals surface area (Å²) in [5, 5.41) is 4.76. The summed E-state index contributed by atoms with van der Waals surface area (Å²) >= 11 is 5.94. The van der Waals surface area contributed by atoms with Crippen LogP contribution < -0.4 is 0 Å². The van der Waals surface area contributed by atoms with Crippen molar-refractivity contribution in [1.29, 1.82) is 0 Å². The molecule has 0 saturated carbocycles. The molecule has 13 heavy (non-hydrogen) atoms. The Morgan fingerprint density at radius 1 is 1.46 bits per heavy atom. The van der Waals surface area contributed by atoms with Gasteiger partial charge in [-0.05, 0) is 12.0 Å². The van der Waals surface area contributed by atoms with Crippen LogP contribution in [-0.2, 0) is 0 Å². The van der Waals surface area contributed by atoms with Gasteiger partial charge in [0.2, 0.25) is 0 Å². The summed E-state index contributed by atoms with van der Waals surface area (Å²) in [6, 6.07) is 1.73. The topological polar surface area (TPSA) is 30.2 Å². The third-order valence-corrected chi connectivity index (χ3v) is 2.29. The van der Waals surface area contributed by atoms with Gasteiger partial charge in [-0.1, -0.05) is 25.4 Å². The Labute approximate surface area is 81.4 Å². The maximum Gasteiger partial charge on any atom is 0.160 e. The van der Waals surface area contributed by atoms with Gasteiger partial charge in [0.1, 0.15) is 5.15 Å². The largest absolute Gasteiger partial charge is 0.237 e. The highest BCUT2D eigenvalue weighted by molar-refractivity contribution is 6.29. The van der Waals surface area contributed by atoms with Crippen molar-refractivity contribution < 1.29 is 0 Å². The minimum absolute atomic E-state index is 0.420. The molecular formula is C9H10ClN3. The fourth-order valence-electron chi connectivity index (χ4n) is 1.29. The average Bonchev–Trinajstić information content (AvgIpc) is 2.48. The first-order valence-corrected chi connectivity index (χ1v) is 4.56. The second kappa shape index (κ2) is 3.00. The summed E-state index contributed by atoms with van der Waals surface area (Å²) in [7, 11) is 0. The van der Waals surface area contributed by atoms with Crippen LogP contribution in [0.5, 0.6) is 0 Å². The number of fused-ring (bicyclic) bond motifs is 1. The van der Waals surface area contributed by atoms with Crippen LogP contribution in [0.4, 0.5) is 0 Å².